The van der Waals surface area contributed by atoms with Crippen LogP contribution in [0.1, 0.15) is 0 Å². The molecule has 0 saturated heterocycles. The Labute approximate surface area is 48.5 Å². The smallest absolute Gasteiger partial charge is 0.144 e. The Morgan fingerprint density at radius 2 is 1.25 bits per heavy atom. The molecule has 0 amide bonds. The van der Waals surface area contributed by atoms with Crippen molar-refractivity contribution >= 4 is 0 Å². The lowest BCUT2D eigenvalue weighted by Gasteiger charge is -2.14. The molecule has 0 saturated carbocycles. The Morgan fingerprint density at radius 1 is 1.00 bits per heavy atom. The van der Waals surface area contributed by atoms with Gasteiger partial charge in [0.05, 0.1) is 0 Å². The molecule has 0 spiro atoms. The highest BCUT2D eigenvalue weighted by Gasteiger charge is 2.08. The molecule has 0 bridgehead atoms. The third kappa shape index (κ3) is 2.23. The number of rotatable bonds is 3. The molecule has 0 fully saturated rings. The van der Waals surface area contributed by atoms with Gasteiger partial charge in [-0.25, -0.2) is 0 Å². The summed E-state index contributed by atoms with van der Waals surface area (Å²) in [5.74, 6) is 0. The predicted octanol–water partition coefficient (Wildman–Crippen LogP) is -1.94. The van der Waals surface area contributed by atoms with Gasteiger partial charge in [-0.05, 0) is 14.1 Å². The zero-order valence-electron chi connectivity index (χ0n) is 5.05. The summed E-state index contributed by atoms with van der Waals surface area (Å²) in [5, 5.41) is 22.3. The number of likely N-dealkylation sites (N-methyl/N-ethyl adjacent to an activating group) is 2. The summed E-state index contributed by atoms with van der Waals surface area (Å²) in [5.41, 5.74) is 0. The summed E-state index contributed by atoms with van der Waals surface area (Å²) in [4.78, 5) is 0. The van der Waals surface area contributed by atoms with Crippen LogP contribution in [0.2, 0.25) is 0 Å². The third-order valence-corrected chi connectivity index (χ3v) is 0.891. The van der Waals surface area contributed by atoms with Crippen molar-refractivity contribution < 1.29 is 10.2 Å². The van der Waals surface area contributed by atoms with E-state index in [2.05, 4.69) is 10.6 Å². The lowest BCUT2D eigenvalue weighted by molar-refractivity contribution is -0.0120. The van der Waals surface area contributed by atoms with E-state index in [1.807, 2.05) is 0 Å². The van der Waals surface area contributed by atoms with Crippen molar-refractivity contribution in [3.05, 3.63) is 0 Å². The molecule has 0 aliphatic rings. The average molecular weight is 120 g/mol. The summed E-state index contributed by atoms with van der Waals surface area (Å²) >= 11 is 0. The fraction of sp³-hybridized carbons (Fsp3) is 1.00. The minimum atomic E-state index is -0.889. The van der Waals surface area contributed by atoms with Crippen molar-refractivity contribution in [3.8, 4) is 0 Å². The summed E-state index contributed by atoms with van der Waals surface area (Å²) < 4.78 is 0. The van der Waals surface area contributed by atoms with Gasteiger partial charge in [0.25, 0.3) is 0 Å². The van der Waals surface area contributed by atoms with Crippen LogP contribution in [0.15, 0.2) is 0 Å². The van der Waals surface area contributed by atoms with Crippen molar-refractivity contribution in [2.45, 2.75) is 12.5 Å². The Balaban J connectivity index is 3.29. The van der Waals surface area contributed by atoms with Crippen LogP contribution >= 0.6 is 0 Å². The summed E-state index contributed by atoms with van der Waals surface area (Å²) in [6.07, 6.45) is -1.78. The van der Waals surface area contributed by atoms with Gasteiger partial charge >= 0.3 is 0 Å². The molecule has 50 valence electrons. The predicted molar refractivity (Wildman–Crippen MR) is 30.1 cm³/mol. The number of nitrogens with one attached hydrogen (secondary N) is 2. The molecule has 0 radical (unpaired) electrons. The molecule has 0 rings (SSSR count). The average Bonchev–Trinajstić information content (AvgIpc) is 1.84. The van der Waals surface area contributed by atoms with E-state index in [9.17, 15) is 0 Å². The second-order valence-electron chi connectivity index (χ2n) is 1.47. The highest BCUT2D eigenvalue weighted by Crippen LogP contribution is 1.78. The molecule has 2 unspecified atom stereocenters. The number of aliphatic hydroxyl groups excluding tert-OH is 2. The molecule has 4 nitrogen and oxygen atoms in total. The van der Waals surface area contributed by atoms with Crippen LogP contribution in [0, 0.1) is 0 Å². The van der Waals surface area contributed by atoms with E-state index in [0.717, 1.165) is 0 Å². The Kier molecular flexibility index (Phi) is 3.72. The minimum Gasteiger partial charge on any atom is -0.374 e. The number of aliphatic hydroxyl groups is 2. The molecule has 0 aromatic heterocycles. The van der Waals surface area contributed by atoms with Gasteiger partial charge in [0, 0.05) is 0 Å². The van der Waals surface area contributed by atoms with E-state index in [1.54, 1.807) is 14.1 Å². The van der Waals surface area contributed by atoms with Crippen molar-refractivity contribution in [3.63, 3.8) is 0 Å². The van der Waals surface area contributed by atoms with Crippen LogP contribution in [-0.4, -0.2) is 36.8 Å². The van der Waals surface area contributed by atoms with Gasteiger partial charge in [0.15, 0.2) is 0 Å². The van der Waals surface area contributed by atoms with Gasteiger partial charge in [-0.1, -0.05) is 0 Å². The quantitative estimate of drug-likeness (QED) is 0.327. The van der Waals surface area contributed by atoms with Crippen LogP contribution < -0.4 is 10.6 Å². The van der Waals surface area contributed by atoms with E-state index in [0.29, 0.717) is 0 Å². The van der Waals surface area contributed by atoms with Crippen molar-refractivity contribution in [1.82, 2.24) is 10.6 Å². The molecule has 4 N–H and O–H groups in total. The number of hydrogen-bond donors (Lipinski definition) is 4. The van der Waals surface area contributed by atoms with E-state index >= 15 is 0 Å². The second kappa shape index (κ2) is 3.80. The van der Waals surface area contributed by atoms with Crippen LogP contribution in [0.5, 0.6) is 0 Å². The maximum Gasteiger partial charge on any atom is 0.144 e. The Morgan fingerprint density at radius 3 is 1.38 bits per heavy atom. The first-order valence-electron chi connectivity index (χ1n) is 2.43. The SMILES string of the molecule is CNC(O)C(O)NC. The van der Waals surface area contributed by atoms with Gasteiger partial charge < -0.3 is 10.2 Å². The van der Waals surface area contributed by atoms with E-state index in [-0.39, 0.29) is 0 Å². The van der Waals surface area contributed by atoms with Crippen LogP contribution in [-0.2, 0) is 0 Å². The molecule has 0 heterocycles. The fourth-order valence-electron chi connectivity index (χ4n) is 0.316. The van der Waals surface area contributed by atoms with Crippen LogP contribution in [0.4, 0.5) is 0 Å². The van der Waals surface area contributed by atoms with Crippen LogP contribution in [0.3, 0.4) is 0 Å². The molecule has 8 heavy (non-hydrogen) atoms. The molecule has 0 aromatic rings. The zero-order valence-corrected chi connectivity index (χ0v) is 5.05. The monoisotopic (exact) mass is 120 g/mol. The normalized spacial score (nSPS) is 18.0. The Bertz CT molecular complexity index is 52.0. The van der Waals surface area contributed by atoms with Gasteiger partial charge in [-0.15, -0.1) is 0 Å². The standard InChI is InChI=1S/C4H12N2O2/c1-5-3(7)4(8)6-2/h3-8H,1-2H3. The highest BCUT2D eigenvalue weighted by molar-refractivity contribution is 4.55. The maximum atomic E-state index is 8.70. The van der Waals surface area contributed by atoms with E-state index in [1.165, 1.54) is 0 Å². The van der Waals surface area contributed by atoms with Gasteiger partial charge in [-0.2, -0.15) is 0 Å². The summed E-state index contributed by atoms with van der Waals surface area (Å²) in [6.45, 7) is 0. The fourth-order valence-corrected chi connectivity index (χ4v) is 0.316. The molecule has 2 atom stereocenters. The highest BCUT2D eigenvalue weighted by atomic mass is 16.4. The lowest BCUT2D eigenvalue weighted by Crippen LogP contribution is -2.44. The molecule has 0 aromatic carbocycles. The third-order valence-electron chi connectivity index (χ3n) is 0.891. The van der Waals surface area contributed by atoms with Gasteiger partial charge in [-0.3, -0.25) is 10.6 Å². The van der Waals surface area contributed by atoms with Crippen molar-refractivity contribution in [2.24, 2.45) is 0 Å². The second-order valence-corrected chi connectivity index (χ2v) is 1.47. The largest absolute Gasteiger partial charge is 0.374 e. The maximum absolute atomic E-state index is 8.70. The minimum absolute atomic E-state index is 0.889. The lowest BCUT2D eigenvalue weighted by atomic mass is 10.5. The molecular weight excluding hydrogens is 108 g/mol. The first-order valence-corrected chi connectivity index (χ1v) is 2.43. The van der Waals surface area contributed by atoms with E-state index in [4.69, 9.17) is 10.2 Å². The summed E-state index contributed by atoms with van der Waals surface area (Å²) in [6, 6.07) is 0. The van der Waals surface area contributed by atoms with Crippen molar-refractivity contribution in [2.75, 3.05) is 14.1 Å². The van der Waals surface area contributed by atoms with Crippen molar-refractivity contribution in [1.29, 1.82) is 0 Å². The topological polar surface area (TPSA) is 64.5 Å². The zero-order chi connectivity index (χ0) is 6.57. The molecule has 0 aliphatic carbocycles. The first-order chi connectivity index (χ1) is 3.72. The van der Waals surface area contributed by atoms with Crippen LogP contribution in [0.25, 0.3) is 0 Å². The first kappa shape index (κ1) is 7.84. The van der Waals surface area contributed by atoms with Gasteiger partial charge in [0.2, 0.25) is 0 Å². The molecular formula is C4H12N2O2. The van der Waals surface area contributed by atoms with Gasteiger partial charge in [0.1, 0.15) is 12.5 Å². The molecule has 4 heteroatoms. The summed E-state index contributed by atoms with van der Waals surface area (Å²) in [7, 11) is 3.12. The van der Waals surface area contributed by atoms with E-state index < -0.39 is 12.5 Å². The molecule has 0 aliphatic heterocycles. The number of hydrogen-bond acceptors (Lipinski definition) is 4. The Hall–Kier alpha value is -0.160.